The molecule has 1 aromatic heterocycles. The van der Waals surface area contributed by atoms with Gasteiger partial charge in [-0.2, -0.15) is 0 Å². The molecular formula is C14H14N4OS. The maximum absolute atomic E-state index is 11.9. The van der Waals surface area contributed by atoms with E-state index >= 15 is 0 Å². The molecule has 1 fully saturated rings. The highest BCUT2D eigenvalue weighted by Crippen LogP contribution is 2.20. The first-order chi connectivity index (χ1) is 9.61. The Morgan fingerprint density at radius 1 is 1.35 bits per heavy atom. The summed E-state index contributed by atoms with van der Waals surface area (Å²) in [6, 6.07) is 6.05. The Labute approximate surface area is 120 Å². The van der Waals surface area contributed by atoms with E-state index in [-0.39, 0.29) is 11.9 Å². The predicted molar refractivity (Wildman–Crippen MR) is 81.4 cm³/mol. The zero-order valence-electron chi connectivity index (χ0n) is 11.2. The first-order valence-electron chi connectivity index (χ1n) is 6.33. The van der Waals surface area contributed by atoms with Gasteiger partial charge in [0.05, 0.1) is 15.7 Å². The summed E-state index contributed by atoms with van der Waals surface area (Å²) in [6.45, 7) is 3.92. The van der Waals surface area contributed by atoms with Gasteiger partial charge >= 0.3 is 0 Å². The number of aliphatic imine (C=N–C) groups is 1. The van der Waals surface area contributed by atoms with Crippen molar-refractivity contribution in [2.75, 3.05) is 0 Å². The zero-order valence-corrected chi connectivity index (χ0v) is 12.0. The van der Waals surface area contributed by atoms with Crippen molar-refractivity contribution in [2.45, 2.75) is 19.9 Å². The average molecular weight is 286 g/mol. The van der Waals surface area contributed by atoms with E-state index in [0.29, 0.717) is 11.7 Å². The lowest BCUT2D eigenvalue weighted by atomic mass is 10.2. The fourth-order valence-corrected chi connectivity index (χ4v) is 2.67. The Balaban J connectivity index is 1.90. The molecule has 0 atom stereocenters. The number of carbonyl (C=O) groups excluding carboxylic acids is 1. The Kier molecular flexibility index (Phi) is 3.23. The van der Waals surface area contributed by atoms with Gasteiger partial charge in [-0.25, -0.2) is 9.98 Å². The maximum Gasteiger partial charge on any atom is 0.274 e. The van der Waals surface area contributed by atoms with Crippen molar-refractivity contribution in [3.63, 3.8) is 0 Å². The van der Waals surface area contributed by atoms with Crippen LogP contribution in [0.5, 0.6) is 0 Å². The summed E-state index contributed by atoms with van der Waals surface area (Å²) in [5.41, 5.74) is 4.26. The van der Waals surface area contributed by atoms with Gasteiger partial charge in [0.1, 0.15) is 5.70 Å². The van der Waals surface area contributed by atoms with Crippen LogP contribution in [0.2, 0.25) is 0 Å². The smallest absolute Gasteiger partial charge is 0.274 e. The molecule has 3 rings (SSSR count). The minimum Gasteiger partial charge on any atom is -0.321 e. The molecule has 0 unspecified atom stereocenters. The van der Waals surface area contributed by atoms with Crippen molar-refractivity contribution >= 4 is 39.5 Å². The molecule has 1 aliphatic heterocycles. The van der Waals surface area contributed by atoms with Crippen molar-refractivity contribution in [1.29, 1.82) is 0 Å². The molecular weight excluding hydrogens is 272 g/mol. The largest absolute Gasteiger partial charge is 0.321 e. The minimum absolute atomic E-state index is 0.130. The lowest BCUT2D eigenvalue weighted by Gasteiger charge is -2.00. The Hall–Kier alpha value is -2.21. The summed E-state index contributed by atoms with van der Waals surface area (Å²) in [5.74, 6) is 0.351. The number of nitrogens with zero attached hydrogens (tertiary/aromatic N) is 2. The van der Waals surface area contributed by atoms with Crippen molar-refractivity contribution in [2.24, 2.45) is 4.99 Å². The maximum atomic E-state index is 11.9. The molecule has 2 aromatic rings. The van der Waals surface area contributed by atoms with Crippen molar-refractivity contribution in [3.05, 3.63) is 35.0 Å². The van der Waals surface area contributed by atoms with E-state index < -0.39 is 0 Å². The Morgan fingerprint density at radius 2 is 2.20 bits per heavy atom. The highest BCUT2D eigenvalue weighted by Gasteiger charge is 2.21. The minimum atomic E-state index is -0.159. The van der Waals surface area contributed by atoms with Crippen LogP contribution in [0.25, 0.3) is 16.3 Å². The number of hydrogen-bond acceptors (Lipinski definition) is 4. The van der Waals surface area contributed by atoms with E-state index in [1.54, 1.807) is 11.3 Å². The molecule has 0 bridgehead atoms. The van der Waals surface area contributed by atoms with Crippen molar-refractivity contribution < 1.29 is 4.79 Å². The molecule has 2 N–H and O–H groups in total. The van der Waals surface area contributed by atoms with Gasteiger partial charge in [0.2, 0.25) is 5.96 Å². The summed E-state index contributed by atoms with van der Waals surface area (Å²) in [4.78, 5) is 20.4. The van der Waals surface area contributed by atoms with Crippen LogP contribution >= 0.6 is 11.3 Å². The molecule has 102 valence electrons. The summed E-state index contributed by atoms with van der Waals surface area (Å²) in [6.07, 6.45) is 1.82. The van der Waals surface area contributed by atoms with E-state index in [4.69, 9.17) is 0 Å². The van der Waals surface area contributed by atoms with Crippen LogP contribution in [-0.2, 0) is 4.79 Å². The summed E-state index contributed by atoms with van der Waals surface area (Å²) in [5, 5.41) is 5.71. The quantitative estimate of drug-likeness (QED) is 0.831. The van der Waals surface area contributed by atoms with E-state index in [1.165, 1.54) is 0 Å². The molecule has 0 saturated carbocycles. The molecule has 2 heterocycles. The van der Waals surface area contributed by atoms with E-state index in [0.717, 1.165) is 15.8 Å². The number of thiazole rings is 1. The average Bonchev–Trinajstić information content (AvgIpc) is 2.96. The highest BCUT2D eigenvalue weighted by molar-refractivity contribution is 7.16. The number of fused-ring (bicyclic) bond motifs is 1. The fraction of sp³-hybridized carbons (Fsp3) is 0.214. The van der Waals surface area contributed by atoms with Gasteiger partial charge in [-0.3, -0.25) is 10.1 Å². The molecule has 0 spiro atoms. The predicted octanol–water partition coefficient (Wildman–Crippen LogP) is 2.12. The lowest BCUT2D eigenvalue weighted by molar-refractivity contribution is -0.115. The highest BCUT2D eigenvalue weighted by atomic mass is 32.1. The molecule has 1 saturated heterocycles. The second kappa shape index (κ2) is 5.05. The van der Waals surface area contributed by atoms with Gasteiger partial charge in [0.25, 0.3) is 5.91 Å². The first-order valence-corrected chi connectivity index (χ1v) is 7.21. The van der Waals surface area contributed by atoms with E-state index in [1.807, 2.05) is 43.6 Å². The van der Waals surface area contributed by atoms with Gasteiger partial charge in [-0.15, -0.1) is 11.3 Å². The van der Waals surface area contributed by atoms with Crippen molar-refractivity contribution in [3.8, 4) is 0 Å². The third-order valence-electron chi connectivity index (χ3n) is 2.78. The topological polar surface area (TPSA) is 66.4 Å². The van der Waals surface area contributed by atoms with Crippen LogP contribution in [0.1, 0.15) is 19.4 Å². The van der Waals surface area contributed by atoms with Crippen LogP contribution < -0.4 is 10.6 Å². The molecule has 6 heteroatoms. The van der Waals surface area contributed by atoms with Crippen LogP contribution in [0.3, 0.4) is 0 Å². The number of hydrogen-bond donors (Lipinski definition) is 2. The standard InChI is InChI=1S/C14H14N4OS/c1-8(2)16-14-17-11(13(19)18-14)5-9-3-4-10-12(6-9)20-7-15-10/h3-8H,1-2H3,(H2,16,17,18,19)/b11-5-. The number of benzene rings is 1. The second-order valence-corrected chi connectivity index (χ2v) is 5.67. The summed E-state index contributed by atoms with van der Waals surface area (Å²) >= 11 is 1.58. The third kappa shape index (κ3) is 2.55. The number of guanidine groups is 1. The molecule has 0 radical (unpaired) electrons. The molecule has 5 nitrogen and oxygen atoms in total. The monoisotopic (exact) mass is 286 g/mol. The Bertz CT molecular complexity index is 730. The first kappa shape index (κ1) is 12.8. The third-order valence-corrected chi connectivity index (χ3v) is 3.57. The van der Waals surface area contributed by atoms with Crippen LogP contribution in [-0.4, -0.2) is 22.9 Å². The number of amides is 1. The zero-order chi connectivity index (χ0) is 14.1. The molecule has 0 aliphatic carbocycles. The van der Waals surface area contributed by atoms with Gasteiger partial charge in [0, 0.05) is 6.04 Å². The van der Waals surface area contributed by atoms with Crippen molar-refractivity contribution in [1.82, 2.24) is 15.6 Å². The molecule has 1 amide bonds. The fourth-order valence-electron chi connectivity index (χ4n) is 1.94. The number of aromatic nitrogens is 1. The van der Waals surface area contributed by atoms with E-state index in [2.05, 4.69) is 20.6 Å². The normalized spacial score (nSPS) is 19.1. The van der Waals surface area contributed by atoms with Gasteiger partial charge in [-0.1, -0.05) is 6.07 Å². The molecule has 1 aromatic carbocycles. The second-order valence-electron chi connectivity index (χ2n) is 4.79. The van der Waals surface area contributed by atoms with Crippen LogP contribution in [0.15, 0.2) is 34.4 Å². The van der Waals surface area contributed by atoms with Gasteiger partial charge in [0.15, 0.2) is 0 Å². The summed E-state index contributed by atoms with van der Waals surface area (Å²) in [7, 11) is 0. The van der Waals surface area contributed by atoms with Crippen LogP contribution in [0, 0.1) is 0 Å². The van der Waals surface area contributed by atoms with Gasteiger partial charge in [-0.05, 0) is 37.6 Å². The Morgan fingerprint density at radius 3 is 3.00 bits per heavy atom. The number of nitrogens with one attached hydrogen (secondary N) is 2. The molecule has 20 heavy (non-hydrogen) atoms. The van der Waals surface area contributed by atoms with Crippen LogP contribution in [0.4, 0.5) is 0 Å². The lowest BCUT2D eigenvalue weighted by Crippen LogP contribution is -2.26. The number of carbonyl (C=O) groups is 1. The molecule has 1 aliphatic rings. The van der Waals surface area contributed by atoms with Gasteiger partial charge < -0.3 is 5.32 Å². The SMILES string of the molecule is CC(C)N=C1NC(=O)/C(=C/c2ccc3ncsc3c2)N1. The number of rotatable bonds is 2. The summed E-state index contributed by atoms with van der Waals surface area (Å²) < 4.78 is 1.11. The van der Waals surface area contributed by atoms with E-state index in [9.17, 15) is 4.79 Å².